The standard InChI is InChI=1S/C17H19F2N3O3/c18-12-1-2-16(14(19)7-12)25-10-13-8-15(22-21-13)17(23)20-9-11-3-5-24-6-4-11/h1-2,7-8,11H,3-6,9-10H2,(H,20,23)(H,21,22). The SMILES string of the molecule is O=C(NCC1CCOCC1)c1cc(COc2ccc(F)cc2F)[nH]n1. The second kappa shape index (κ2) is 8.06. The Morgan fingerprint density at radius 3 is 2.88 bits per heavy atom. The van der Waals surface area contributed by atoms with Crippen molar-refractivity contribution in [1.29, 1.82) is 0 Å². The van der Waals surface area contributed by atoms with Crippen molar-refractivity contribution in [3.8, 4) is 5.75 Å². The van der Waals surface area contributed by atoms with E-state index >= 15 is 0 Å². The van der Waals surface area contributed by atoms with E-state index in [1.807, 2.05) is 0 Å². The van der Waals surface area contributed by atoms with Crippen LogP contribution in [-0.4, -0.2) is 35.9 Å². The summed E-state index contributed by atoms with van der Waals surface area (Å²) in [5, 5.41) is 9.46. The third-order valence-corrected chi connectivity index (χ3v) is 4.03. The summed E-state index contributed by atoms with van der Waals surface area (Å²) in [6.07, 6.45) is 1.87. The van der Waals surface area contributed by atoms with Crippen molar-refractivity contribution in [2.45, 2.75) is 19.4 Å². The highest BCUT2D eigenvalue weighted by Crippen LogP contribution is 2.19. The number of rotatable bonds is 6. The van der Waals surface area contributed by atoms with E-state index in [1.165, 1.54) is 6.07 Å². The van der Waals surface area contributed by atoms with E-state index in [4.69, 9.17) is 9.47 Å². The molecule has 2 heterocycles. The molecule has 1 aliphatic heterocycles. The molecule has 0 spiro atoms. The lowest BCUT2D eigenvalue weighted by Gasteiger charge is -2.21. The smallest absolute Gasteiger partial charge is 0.271 e. The van der Waals surface area contributed by atoms with Crippen LogP contribution in [0, 0.1) is 17.6 Å². The Labute approximate surface area is 143 Å². The molecule has 1 aromatic heterocycles. The van der Waals surface area contributed by atoms with Gasteiger partial charge in [-0.1, -0.05) is 0 Å². The zero-order valence-electron chi connectivity index (χ0n) is 13.6. The molecule has 3 rings (SSSR count). The van der Waals surface area contributed by atoms with Gasteiger partial charge in [0, 0.05) is 25.8 Å². The van der Waals surface area contributed by atoms with Crippen molar-refractivity contribution in [1.82, 2.24) is 15.5 Å². The van der Waals surface area contributed by atoms with Crippen molar-refractivity contribution in [2.24, 2.45) is 5.92 Å². The van der Waals surface area contributed by atoms with Crippen molar-refractivity contribution in [3.63, 3.8) is 0 Å². The number of H-pyrrole nitrogens is 1. The molecule has 2 aromatic rings. The average molecular weight is 351 g/mol. The summed E-state index contributed by atoms with van der Waals surface area (Å²) in [5.41, 5.74) is 0.755. The van der Waals surface area contributed by atoms with E-state index < -0.39 is 11.6 Å². The number of carbonyl (C=O) groups is 1. The molecule has 1 fully saturated rings. The molecule has 1 saturated heterocycles. The molecule has 1 amide bonds. The maximum atomic E-state index is 13.5. The lowest BCUT2D eigenvalue weighted by Crippen LogP contribution is -2.32. The number of ether oxygens (including phenoxy) is 2. The van der Waals surface area contributed by atoms with Crippen LogP contribution in [0.3, 0.4) is 0 Å². The van der Waals surface area contributed by atoms with Crippen molar-refractivity contribution >= 4 is 5.91 Å². The fourth-order valence-electron chi connectivity index (χ4n) is 2.58. The van der Waals surface area contributed by atoms with Gasteiger partial charge in [0.1, 0.15) is 18.1 Å². The molecular formula is C17H19F2N3O3. The van der Waals surface area contributed by atoms with Gasteiger partial charge in [0.2, 0.25) is 0 Å². The molecule has 0 aliphatic carbocycles. The van der Waals surface area contributed by atoms with Crippen LogP contribution in [0.2, 0.25) is 0 Å². The van der Waals surface area contributed by atoms with Crippen LogP contribution in [-0.2, 0) is 11.3 Å². The van der Waals surface area contributed by atoms with E-state index in [9.17, 15) is 13.6 Å². The fraction of sp³-hybridized carbons (Fsp3) is 0.412. The van der Waals surface area contributed by atoms with Crippen LogP contribution in [0.15, 0.2) is 24.3 Å². The molecule has 1 aromatic carbocycles. The van der Waals surface area contributed by atoms with Crippen LogP contribution in [0.25, 0.3) is 0 Å². The number of aromatic amines is 1. The van der Waals surface area contributed by atoms with Gasteiger partial charge in [-0.3, -0.25) is 9.89 Å². The number of amides is 1. The Morgan fingerprint density at radius 1 is 1.32 bits per heavy atom. The minimum Gasteiger partial charge on any atom is -0.484 e. The normalized spacial score (nSPS) is 15.1. The van der Waals surface area contributed by atoms with Gasteiger partial charge in [-0.05, 0) is 37.0 Å². The first-order valence-corrected chi connectivity index (χ1v) is 8.10. The number of hydrogen-bond acceptors (Lipinski definition) is 4. The van der Waals surface area contributed by atoms with Crippen LogP contribution in [0.4, 0.5) is 8.78 Å². The van der Waals surface area contributed by atoms with Crippen molar-refractivity contribution in [2.75, 3.05) is 19.8 Å². The number of benzene rings is 1. The predicted octanol–water partition coefficient (Wildman–Crippen LogP) is 2.42. The highest BCUT2D eigenvalue weighted by Gasteiger charge is 2.17. The third kappa shape index (κ3) is 4.76. The first-order valence-electron chi connectivity index (χ1n) is 8.10. The number of carbonyl (C=O) groups excluding carboxylic acids is 1. The van der Waals surface area contributed by atoms with E-state index in [0.717, 1.165) is 38.2 Å². The van der Waals surface area contributed by atoms with Gasteiger partial charge < -0.3 is 14.8 Å². The molecule has 2 N–H and O–H groups in total. The van der Waals surface area contributed by atoms with Gasteiger partial charge in [0.25, 0.3) is 5.91 Å². The van der Waals surface area contributed by atoms with Gasteiger partial charge in [-0.25, -0.2) is 8.78 Å². The molecule has 0 bridgehead atoms. The lowest BCUT2D eigenvalue weighted by atomic mass is 10.0. The minimum atomic E-state index is -0.783. The van der Waals surface area contributed by atoms with Crippen LogP contribution < -0.4 is 10.1 Å². The Hall–Kier alpha value is -2.48. The van der Waals surface area contributed by atoms with Gasteiger partial charge >= 0.3 is 0 Å². The molecule has 134 valence electrons. The lowest BCUT2D eigenvalue weighted by molar-refractivity contribution is 0.0642. The summed E-state index contributed by atoms with van der Waals surface area (Å²) in [6.45, 7) is 2.03. The first-order chi connectivity index (χ1) is 12.1. The molecule has 0 atom stereocenters. The van der Waals surface area contributed by atoms with Gasteiger partial charge in [-0.15, -0.1) is 0 Å². The molecule has 0 radical (unpaired) electrons. The van der Waals surface area contributed by atoms with E-state index in [-0.39, 0.29) is 24.0 Å². The zero-order chi connectivity index (χ0) is 17.6. The summed E-state index contributed by atoms with van der Waals surface area (Å²) in [4.78, 5) is 12.1. The second-order valence-electron chi connectivity index (χ2n) is 5.91. The van der Waals surface area contributed by atoms with E-state index in [0.29, 0.717) is 18.2 Å². The Bertz CT molecular complexity index is 730. The molecule has 0 saturated carbocycles. The number of hydrogen-bond donors (Lipinski definition) is 2. The van der Waals surface area contributed by atoms with Gasteiger partial charge in [0.05, 0.1) is 5.69 Å². The molecule has 0 unspecified atom stereocenters. The largest absolute Gasteiger partial charge is 0.484 e. The average Bonchev–Trinajstić information content (AvgIpc) is 3.09. The summed E-state index contributed by atoms with van der Waals surface area (Å²) in [5.74, 6) is -1.38. The summed E-state index contributed by atoms with van der Waals surface area (Å²) in [7, 11) is 0. The first kappa shape index (κ1) is 17.3. The molecule has 1 aliphatic rings. The zero-order valence-corrected chi connectivity index (χ0v) is 13.6. The molecule has 6 nitrogen and oxygen atoms in total. The van der Waals surface area contributed by atoms with Crippen LogP contribution >= 0.6 is 0 Å². The van der Waals surface area contributed by atoms with E-state index in [1.54, 1.807) is 6.07 Å². The Kier molecular flexibility index (Phi) is 5.60. The molecule has 25 heavy (non-hydrogen) atoms. The molecule has 8 heteroatoms. The maximum absolute atomic E-state index is 13.5. The van der Waals surface area contributed by atoms with Gasteiger partial charge in [0.15, 0.2) is 11.6 Å². The minimum absolute atomic E-state index is 0.0111. The fourth-order valence-corrected chi connectivity index (χ4v) is 2.58. The molecular weight excluding hydrogens is 332 g/mol. The van der Waals surface area contributed by atoms with Crippen molar-refractivity contribution in [3.05, 3.63) is 47.3 Å². The third-order valence-electron chi connectivity index (χ3n) is 4.03. The Morgan fingerprint density at radius 2 is 2.12 bits per heavy atom. The number of halogens is 2. The highest BCUT2D eigenvalue weighted by molar-refractivity contribution is 5.92. The van der Waals surface area contributed by atoms with Crippen molar-refractivity contribution < 1.29 is 23.0 Å². The van der Waals surface area contributed by atoms with Crippen LogP contribution in [0.5, 0.6) is 5.75 Å². The van der Waals surface area contributed by atoms with Gasteiger partial charge in [-0.2, -0.15) is 5.10 Å². The predicted molar refractivity (Wildman–Crippen MR) is 85.2 cm³/mol. The number of nitrogens with one attached hydrogen (secondary N) is 2. The highest BCUT2D eigenvalue weighted by atomic mass is 19.1. The van der Waals surface area contributed by atoms with Crippen LogP contribution in [0.1, 0.15) is 29.0 Å². The summed E-state index contributed by atoms with van der Waals surface area (Å²) < 4.78 is 36.9. The maximum Gasteiger partial charge on any atom is 0.271 e. The summed E-state index contributed by atoms with van der Waals surface area (Å²) in [6, 6.07) is 4.61. The Balaban J connectivity index is 1.50. The van der Waals surface area contributed by atoms with E-state index in [2.05, 4.69) is 15.5 Å². The quantitative estimate of drug-likeness (QED) is 0.838. The topological polar surface area (TPSA) is 76.2 Å². The number of aromatic nitrogens is 2. The second-order valence-corrected chi connectivity index (χ2v) is 5.91. The number of nitrogens with zero attached hydrogens (tertiary/aromatic N) is 1. The summed E-state index contributed by atoms with van der Waals surface area (Å²) >= 11 is 0. The monoisotopic (exact) mass is 351 g/mol.